The van der Waals surface area contributed by atoms with Crippen LogP contribution < -0.4 is 5.32 Å². The summed E-state index contributed by atoms with van der Waals surface area (Å²) in [7, 11) is 0. The maximum Gasteiger partial charge on any atom is 0.254 e. The molecule has 1 aromatic carbocycles. The zero-order valence-corrected chi connectivity index (χ0v) is 11.5. The molecule has 0 aliphatic carbocycles. The lowest BCUT2D eigenvalue weighted by atomic mass is 10.1. The lowest BCUT2D eigenvalue weighted by Gasteiger charge is -2.32. The molecule has 3 rings (SSSR count). The molecule has 5 nitrogen and oxygen atoms in total. The summed E-state index contributed by atoms with van der Waals surface area (Å²) < 4.78 is 5.58. The van der Waals surface area contributed by atoms with Crippen LogP contribution in [-0.2, 0) is 16.0 Å². The van der Waals surface area contributed by atoms with Crippen LogP contribution in [0.1, 0.15) is 29.3 Å². The summed E-state index contributed by atoms with van der Waals surface area (Å²) in [4.78, 5) is 25.7. The van der Waals surface area contributed by atoms with Crippen LogP contribution in [0.4, 0.5) is 5.69 Å². The van der Waals surface area contributed by atoms with Gasteiger partial charge < -0.3 is 15.0 Å². The van der Waals surface area contributed by atoms with Gasteiger partial charge in [0.05, 0.1) is 19.1 Å². The fourth-order valence-corrected chi connectivity index (χ4v) is 2.68. The topological polar surface area (TPSA) is 58.6 Å². The summed E-state index contributed by atoms with van der Waals surface area (Å²) in [5.41, 5.74) is 2.35. The molecule has 0 aromatic heterocycles. The van der Waals surface area contributed by atoms with E-state index in [1.54, 1.807) is 12.1 Å². The summed E-state index contributed by atoms with van der Waals surface area (Å²) in [5, 5.41) is 2.78. The Kier molecular flexibility index (Phi) is 3.44. The zero-order valence-electron chi connectivity index (χ0n) is 11.5. The summed E-state index contributed by atoms with van der Waals surface area (Å²) in [6, 6.07) is 5.44. The molecule has 1 N–H and O–H groups in total. The minimum absolute atomic E-state index is 0.00991. The van der Waals surface area contributed by atoms with Crippen LogP contribution >= 0.6 is 0 Å². The molecule has 0 spiro atoms. The first kappa shape index (κ1) is 13.1. The van der Waals surface area contributed by atoms with Crippen LogP contribution in [-0.4, -0.2) is 42.5 Å². The third kappa shape index (κ3) is 2.41. The van der Waals surface area contributed by atoms with E-state index in [1.165, 1.54) is 0 Å². The van der Waals surface area contributed by atoms with Crippen molar-refractivity contribution in [1.82, 2.24) is 4.90 Å². The van der Waals surface area contributed by atoms with Crippen molar-refractivity contribution in [1.29, 1.82) is 0 Å². The minimum atomic E-state index is -0.0120. The predicted molar refractivity (Wildman–Crippen MR) is 74.7 cm³/mol. The highest BCUT2D eigenvalue weighted by Gasteiger charge is 2.25. The van der Waals surface area contributed by atoms with Gasteiger partial charge in [-0.1, -0.05) is 13.0 Å². The van der Waals surface area contributed by atoms with Gasteiger partial charge in [-0.25, -0.2) is 0 Å². The number of nitrogens with one attached hydrogen (secondary N) is 1. The average Bonchev–Trinajstić information content (AvgIpc) is 2.85. The van der Waals surface area contributed by atoms with E-state index in [-0.39, 0.29) is 17.9 Å². The summed E-state index contributed by atoms with van der Waals surface area (Å²) in [5.74, 6) is -0.00211. The van der Waals surface area contributed by atoms with Crippen LogP contribution in [0, 0.1) is 0 Å². The number of anilines is 1. The van der Waals surface area contributed by atoms with Crippen molar-refractivity contribution in [2.24, 2.45) is 0 Å². The van der Waals surface area contributed by atoms with Gasteiger partial charge in [-0.3, -0.25) is 9.59 Å². The molecule has 106 valence electrons. The highest BCUT2D eigenvalue weighted by atomic mass is 16.5. The van der Waals surface area contributed by atoms with Crippen LogP contribution in [0.2, 0.25) is 0 Å². The molecule has 1 aromatic rings. The lowest BCUT2D eigenvalue weighted by molar-refractivity contribution is -0.115. The molecule has 0 radical (unpaired) electrons. The smallest absolute Gasteiger partial charge is 0.254 e. The normalized spacial score (nSPS) is 21.6. The highest BCUT2D eigenvalue weighted by Crippen LogP contribution is 2.25. The number of fused-ring (bicyclic) bond motifs is 1. The Labute approximate surface area is 117 Å². The van der Waals surface area contributed by atoms with Crippen molar-refractivity contribution in [2.45, 2.75) is 25.9 Å². The van der Waals surface area contributed by atoms with E-state index in [1.807, 2.05) is 11.0 Å². The Morgan fingerprint density at radius 2 is 2.35 bits per heavy atom. The minimum Gasteiger partial charge on any atom is -0.375 e. The largest absolute Gasteiger partial charge is 0.375 e. The quantitative estimate of drug-likeness (QED) is 0.887. The van der Waals surface area contributed by atoms with E-state index < -0.39 is 0 Å². The van der Waals surface area contributed by atoms with Crippen molar-refractivity contribution in [3.05, 3.63) is 29.3 Å². The van der Waals surface area contributed by atoms with Crippen LogP contribution in [0.25, 0.3) is 0 Å². The van der Waals surface area contributed by atoms with E-state index >= 15 is 0 Å². The third-order valence-corrected chi connectivity index (χ3v) is 3.86. The zero-order chi connectivity index (χ0) is 14.1. The molecule has 1 saturated heterocycles. The summed E-state index contributed by atoms with van der Waals surface area (Å²) >= 11 is 0. The number of carbonyl (C=O) groups is 2. The van der Waals surface area contributed by atoms with E-state index in [4.69, 9.17) is 4.74 Å². The molecule has 2 aliphatic rings. The van der Waals surface area contributed by atoms with Gasteiger partial charge in [-0.05, 0) is 24.1 Å². The fraction of sp³-hybridized carbons (Fsp3) is 0.467. The number of ether oxygens (including phenoxy) is 1. The van der Waals surface area contributed by atoms with Gasteiger partial charge in [0, 0.05) is 24.3 Å². The first-order chi connectivity index (χ1) is 9.67. The van der Waals surface area contributed by atoms with E-state index in [2.05, 4.69) is 12.2 Å². The predicted octanol–water partition coefficient (Wildman–Crippen LogP) is 1.43. The van der Waals surface area contributed by atoms with Crippen molar-refractivity contribution in [3.8, 4) is 0 Å². The second-order valence-electron chi connectivity index (χ2n) is 5.25. The molecule has 20 heavy (non-hydrogen) atoms. The number of nitrogens with zero attached hydrogens (tertiary/aromatic N) is 1. The Morgan fingerprint density at radius 1 is 1.50 bits per heavy atom. The standard InChI is InChI=1S/C15H18N2O3/c1-2-12-9-17(5-6-20-12)15(19)11-4-3-10-8-14(18)16-13(10)7-11/h3-4,7,12H,2,5-6,8-9H2,1H3,(H,16,18). The molecule has 1 unspecified atom stereocenters. The van der Waals surface area contributed by atoms with Gasteiger partial charge in [-0.15, -0.1) is 0 Å². The lowest BCUT2D eigenvalue weighted by Crippen LogP contribution is -2.45. The maximum absolute atomic E-state index is 12.5. The molecular weight excluding hydrogens is 256 g/mol. The maximum atomic E-state index is 12.5. The van der Waals surface area contributed by atoms with Gasteiger partial charge >= 0.3 is 0 Å². The molecular formula is C15H18N2O3. The first-order valence-electron chi connectivity index (χ1n) is 7.01. The Bertz CT molecular complexity index is 556. The second-order valence-corrected chi connectivity index (χ2v) is 5.25. The molecule has 0 saturated carbocycles. The average molecular weight is 274 g/mol. The monoisotopic (exact) mass is 274 g/mol. The molecule has 2 aliphatic heterocycles. The van der Waals surface area contributed by atoms with Crippen molar-refractivity contribution in [2.75, 3.05) is 25.0 Å². The first-order valence-corrected chi connectivity index (χ1v) is 7.01. The number of hydrogen-bond acceptors (Lipinski definition) is 3. The SMILES string of the molecule is CCC1CN(C(=O)c2ccc3c(c2)NC(=O)C3)CCO1. The fourth-order valence-electron chi connectivity index (χ4n) is 2.68. The van der Waals surface area contributed by atoms with Gasteiger partial charge in [0.1, 0.15) is 0 Å². The molecule has 0 bridgehead atoms. The third-order valence-electron chi connectivity index (χ3n) is 3.86. The van der Waals surface area contributed by atoms with Gasteiger partial charge in [0.2, 0.25) is 5.91 Å². The van der Waals surface area contributed by atoms with Crippen LogP contribution in [0.15, 0.2) is 18.2 Å². The van der Waals surface area contributed by atoms with Crippen molar-refractivity contribution in [3.63, 3.8) is 0 Å². The molecule has 1 atom stereocenters. The highest BCUT2D eigenvalue weighted by molar-refractivity contribution is 6.02. The number of rotatable bonds is 2. The molecule has 2 heterocycles. The number of hydrogen-bond donors (Lipinski definition) is 1. The number of carbonyl (C=O) groups excluding carboxylic acids is 2. The van der Waals surface area contributed by atoms with Crippen LogP contribution in [0.5, 0.6) is 0 Å². The number of amides is 2. The molecule has 2 amide bonds. The number of benzene rings is 1. The molecule has 1 fully saturated rings. The Balaban J connectivity index is 1.77. The van der Waals surface area contributed by atoms with Crippen molar-refractivity contribution >= 4 is 17.5 Å². The second kappa shape index (κ2) is 5.25. The van der Waals surface area contributed by atoms with E-state index in [9.17, 15) is 9.59 Å². The van der Waals surface area contributed by atoms with Gasteiger partial charge in [0.15, 0.2) is 0 Å². The van der Waals surface area contributed by atoms with Crippen molar-refractivity contribution < 1.29 is 14.3 Å². The van der Waals surface area contributed by atoms with Crippen LogP contribution in [0.3, 0.4) is 0 Å². The van der Waals surface area contributed by atoms with E-state index in [0.29, 0.717) is 31.7 Å². The van der Waals surface area contributed by atoms with Gasteiger partial charge in [-0.2, -0.15) is 0 Å². The molecule has 5 heteroatoms. The number of morpholine rings is 1. The van der Waals surface area contributed by atoms with Gasteiger partial charge in [0.25, 0.3) is 5.91 Å². The summed E-state index contributed by atoms with van der Waals surface area (Å²) in [6.07, 6.45) is 1.44. The Morgan fingerprint density at radius 3 is 3.15 bits per heavy atom. The summed E-state index contributed by atoms with van der Waals surface area (Å²) in [6.45, 7) is 3.91. The van der Waals surface area contributed by atoms with E-state index in [0.717, 1.165) is 17.7 Å². The Hall–Kier alpha value is -1.88.